The van der Waals surface area contributed by atoms with Gasteiger partial charge in [0.05, 0.1) is 25.5 Å². The molecule has 0 aliphatic rings. The highest BCUT2D eigenvalue weighted by Gasteiger charge is 2.34. The Bertz CT molecular complexity index is 591. The quantitative estimate of drug-likeness (QED) is 0.785. The second kappa shape index (κ2) is 6.27. The highest BCUT2D eigenvalue weighted by Crippen LogP contribution is 2.34. The molecule has 20 heavy (non-hydrogen) atoms. The second-order valence-corrected chi connectivity index (χ2v) is 5.48. The van der Waals surface area contributed by atoms with Crippen LogP contribution in [-0.2, 0) is 14.3 Å². The number of hydrogen-bond donors (Lipinski definition) is 0. The van der Waals surface area contributed by atoms with Crippen molar-refractivity contribution in [2.75, 3.05) is 20.0 Å². The van der Waals surface area contributed by atoms with Gasteiger partial charge in [-0.05, 0) is 23.8 Å². The molecule has 0 spiro atoms. The minimum atomic E-state index is -4.63. The Balaban J connectivity index is 3.09. The van der Waals surface area contributed by atoms with Gasteiger partial charge in [0.25, 0.3) is 10.1 Å². The predicted molar refractivity (Wildman–Crippen MR) is 67.8 cm³/mol. The van der Waals surface area contributed by atoms with Crippen molar-refractivity contribution in [2.45, 2.75) is 6.18 Å². The van der Waals surface area contributed by atoms with Gasteiger partial charge in [-0.3, -0.25) is 4.18 Å². The molecule has 0 aliphatic heterocycles. The first-order chi connectivity index (χ1) is 9.13. The zero-order valence-electron chi connectivity index (χ0n) is 10.8. The summed E-state index contributed by atoms with van der Waals surface area (Å²) in [5.74, 6) is 0.265. The lowest BCUT2D eigenvalue weighted by Crippen LogP contribution is -2.12. The molecule has 0 aliphatic carbocycles. The van der Waals surface area contributed by atoms with Crippen molar-refractivity contribution in [1.29, 1.82) is 0 Å². The molecule has 0 amide bonds. The summed E-state index contributed by atoms with van der Waals surface area (Å²) in [5, 5.41) is 0. The van der Waals surface area contributed by atoms with Crippen LogP contribution in [0.5, 0.6) is 5.75 Å². The largest absolute Gasteiger partial charge is 0.497 e. The fourth-order valence-corrected chi connectivity index (χ4v) is 1.74. The van der Waals surface area contributed by atoms with E-state index in [1.165, 1.54) is 31.4 Å². The highest BCUT2D eigenvalue weighted by molar-refractivity contribution is 7.85. The molecule has 8 heteroatoms. The van der Waals surface area contributed by atoms with E-state index in [-0.39, 0.29) is 11.3 Å². The number of halogens is 3. The molecule has 0 atom stereocenters. The maximum absolute atomic E-state index is 12.9. The van der Waals surface area contributed by atoms with Crippen LogP contribution in [0.15, 0.2) is 30.3 Å². The summed E-state index contributed by atoms with van der Waals surface area (Å²) in [5.41, 5.74) is -1.12. The molecule has 0 unspecified atom stereocenters. The molecular weight excluding hydrogens is 297 g/mol. The molecule has 0 saturated heterocycles. The normalized spacial score (nSPS) is 13.3. The Morgan fingerprint density at radius 3 is 2.50 bits per heavy atom. The summed E-state index contributed by atoms with van der Waals surface area (Å²) < 4.78 is 69.5. The minimum Gasteiger partial charge on any atom is -0.497 e. The van der Waals surface area contributed by atoms with Crippen LogP contribution in [0.25, 0.3) is 5.57 Å². The zero-order chi connectivity index (χ0) is 15.4. The van der Waals surface area contributed by atoms with Crippen LogP contribution in [0.2, 0.25) is 0 Å². The lowest BCUT2D eigenvalue weighted by Gasteiger charge is -2.13. The number of benzene rings is 1. The van der Waals surface area contributed by atoms with Crippen LogP contribution in [0.1, 0.15) is 5.56 Å². The number of allylic oxidation sites excluding steroid dienone is 1. The molecule has 0 radical (unpaired) electrons. The number of ether oxygens (including phenoxy) is 1. The third-order valence-electron chi connectivity index (χ3n) is 2.26. The van der Waals surface area contributed by atoms with E-state index in [0.717, 1.165) is 6.26 Å². The standard InChI is InChI=1S/C12H13F3O4S/c1-18-10-5-3-4-9(8-10)11(12(13,14)15)6-7-19-20(2,16)17/h3-6,8H,7H2,1-2H3/b11-6+. The van der Waals surface area contributed by atoms with E-state index in [9.17, 15) is 21.6 Å². The summed E-state index contributed by atoms with van der Waals surface area (Å²) in [6, 6.07) is 5.37. The van der Waals surface area contributed by atoms with Crippen molar-refractivity contribution < 1.29 is 30.5 Å². The van der Waals surface area contributed by atoms with Crippen molar-refractivity contribution >= 4 is 15.7 Å². The Morgan fingerprint density at radius 1 is 1.35 bits per heavy atom. The van der Waals surface area contributed by atoms with Crippen LogP contribution in [0.4, 0.5) is 13.2 Å². The van der Waals surface area contributed by atoms with Crippen molar-refractivity contribution in [2.24, 2.45) is 0 Å². The Labute approximate surface area is 114 Å². The molecular formula is C12H13F3O4S. The predicted octanol–water partition coefficient (Wildman–Crippen LogP) is 2.62. The average molecular weight is 310 g/mol. The number of hydrogen-bond acceptors (Lipinski definition) is 4. The molecule has 0 saturated carbocycles. The van der Waals surface area contributed by atoms with Crippen molar-refractivity contribution in [3.63, 3.8) is 0 Å². The first kappa shape index (κ1) is 16.5. The molecule has 112 valence electrons. The lowest BCUT2D eigenvalue weighted by molar-refractivity contribution is -0.0691. The van der Waals surface area contributed by atoms with Crippen LogP contribution in [-0.4, -0.2) is 34.6 Å². The highest BCUT2D eigenvalue weighted by atomic mass is 32.2. The van der Waals surface area contributed by atoms with E-state index in [4.69, 9.17) is 4.74 Å². The topological polar surface area (TPSA) is 52.6 Å². The van der Waals surface area contributed by atoms with E-state index in [2.05, 4.69) is 4.18 Å². The molecule has 4 nitrogen and oxygen atoms in total. The van der Waals surface area contributed by atoms with Gasteiger partial charge in [-0.1, -0.05) is 12.1 Å². The van der Waals surface area contributed by atoms with Gasteiger partial charge in [-0.25, -0.2) is 0 Å². The van der Waals surface area contributed by atoms with Crippen molar-refractivity contribution in [3.8, 4) is 5.75 Å². The van der Waals surface area contributed by atoms with Gasteiger partial charge in [0, 0.05) is 0 Å². The van der Waals surface area contributed by atoms with Gasteiger partial charge in [-0.2, -0.15) is 21.6 Å². The summed E-state index contributed by atoms with van der Waals surface area (Å²) in [6.07, 6.45) is -3.19. The minimum absolute atomic E-state index is 0.131. The monoisotopic (exact) mass is 310 g/mol. The van der Waals surface area contributed by atoms with Gasteiger partial charge in [0.1, 0.15) is 5.75 Å². The molecule has 0 bridgehead atoms. The zero-order valence-corrected chi connectivity index (χ0v) is 11.6. The van der Waals surface area contributed by atoms with E-state index in [0.29, 0.717) is 6.08 Å². The van der Waals surface area contributed by atoms with Gasteiger partial charge in [-0.15, -0.1) is 0 Å². The smallest absolute Gasteiger partial charge is 0.416 e. The molecule has 0 aromatic heterocycles. The van der Waals surface area contributed by atoms with E-state index in [1.54, 1.807) is 0 Å². The van der Waals surface area contributed by atoms with Gasteiger partial charge >= 0.3 is 6.18 Å². The summed E-state index contributed by atoms with van der Waals surface area (Å²) in [4.78, 5) is 0. The number of alkyl halides is 3. The van der Waals surface area contributed by atoms with Crippen LogP contribution < -0.4 is 4.74 Å². The Kier molecular flexibility index (Phi) is 5.18. The first-order valence-corrected chi connectivity index (χ1v) is 7.21. The summed E-state index contributed by atoms with van der Waals surface area (Å²) in [6.45, 7) is -0.690. The molecule has 1 aromatic rings. The maximum atomic E-state index is 12.9. The molecule has 1 aromatic carbocycles. The fraction of sp³-hybridized carbons (Fsp3) is 0.333. The lowest BCUT2D eigenvalue weighted by atomic mass is 10.1. The number of methoxy groups -OCH3 is 1. The van der Waals surface area contributed by atoms with E-state index >= 15 is 0 Å². The maximum Gasteiger partial charge on any atom is 0.416 e. The van der Waals surface area contributed by atoms with Gasteiger partial charge in [0.2, 0.25) is 0 Å². The first-order valence-electron chi connectivity index (χ1n) is 5.39. The number of rotatable bonds is 5. The Morgan fingerprint density at radius 2 is 2.00 bits per heavy atom. The van der Waals surface area contributed by atoms with E-state index < -0.39 is 28.5 Å². The van der Waals surface area contributed by atoms with E-state index in [1.807, 2.05) is 0 Å². The van der Waals surface area contributed by atoms with Crippen LogP contribution in [0, 0.1) is 0 Å². The Hall–Kier alpha value is -1.54. The van der Waals surface area contributed by atoms with Crippen molar-refractivity contribution in [3.05, 3.63) is 35.9 Å². The third kappa shape index (κ3) is 5.22. The van der Waals surface area contributed by atoms with Crippen LogP contribution >= 0.6 is 0 Å². The second-order valence-electron chi connectivity index (χ2n) is 3.84. The SMILES string of the molecule is COc1cccc(/C(=C\COS(C)(=O)=O)C(F)(F)F)c1. The molecule has 0 N–H and O–H groups in total. The average Bonchev–Trinajstić information content (AvgIpc) is 2.32. The molecule has 1 rings (SSSR count). The summed E-state index contributed by atoms with van der Waals surface area (Å²) >= 11 is 0. The fourth-order valence-electron chi connectivity index (χ4n) is 1.43. The van der Waals surface area contributed by atoms with Gasteiger partial charge in [0.15, 0.2) is 0 Å². The third-order valence-corrected chi connectivity index (χ3v) is 2.82. The molecule has 0 heterocycles. The summed E-state index contributed by atoms with van der Waals surface area (Å²) in [7, 11) is -2.46. The molecule has 0 fully saturated rings. The van der Waals surface area contributed by atoms with Crippen molar-refractivity contribution in [1.82, 2.24) is 0 Å². The van der Waals surface area contributed by atoms with Crippen LogP contribution in [0.3, 0.4) is 0 Å². The van der Waals surface area contributed by atoms with Gasteiger partial charge < -0.3 is 4.74 Å².